The number of hydrogen-bond donors (Lipinski definition) is 1. The molecule has 5 nitrogen and oxygen atoms in total. The molecule has 2 rings (SSSR count). The molecule has 2 aromatic heterocycles. The van der Waals surface area contributed by atoms with E-state index in [1.165, 1.54) is 0 Å². The molecule has 96 valence electrons. The van der Waals surface area contributed by atoms with Crippen molar-refractivity contribution in [1.29, 1.82) is 0 Å². The lowest BCUT2D eigenvalue weighted by Crippen LogP contribution is -2.22. The number of rotatable bonds is 3. The number of fused-ring (bicyclic) bond motifs is 1. The van der Waals surface area contributed by atoms with Crippen molar-refractivity contribution in [1.82, 2.24) is 14.5 Å². The van der Waals surface area contributed by atoms with Gasteiger partial charge in [0, 0.05) is 29.7 Å². The first-order valence-electron chi connectivity index (χ1n) is 6.14. The van der Waals surface area contributed by atoms with E-state index in [1.54, 1.807) is 22.9 Å². The highest BCUT2D eigenvalue weighted by molar-refractivity contribution is 5.75. The van der Waals surface area contributed by atoms with Crippen LogP contribution in [0.3, 0.4) is 0 Å². The molecular weight excluding hydrogens is 228 g/mol. The van der Waals surface area contributed by atoms with E-state index >= 15 is 0 Å². The molecule has 5 heteroatoms. The Kier molecular flexibility index (Phi) is 3.32. The lowest BCUT2D eigenvalue weighted by molar-refractivity contribution is 0.595. The Bertz CT molecular complexity index is 616. The van der Waals surface area contributed by atoms with Gasteiger partial charge in [-0.3, -0.25) is 9.36 Å². The first kappa shape index (κ1) is 12.5. The van der Waals surface area contributed by atoms with Gasteiger partial charge in [-0.05, 0) is 33.8 Å². The van der Waals surface area contributed by atoms with Crippen molar-refractivity contribution in [2.45, 2.75) is 39.8 Å². The number of pyridine rings is 1. The van der Waals surface area contributed by atoms with Crippen LogP contribution >= 0.6 is 0 Å². The van der Waals surface area contributed by atoms with Crippen molar-refractivity contribution < 1.29 is 0 Å². The summed E-state index contributed by atoms with van der Waals surface area (Å²) in [7, 11) is 0. The number of aromatic nitrogens is 3. The smallest absolute Gasteiger partial charge is 0.252 e. The summed E-state index contributed by atoms with van der Waals surface area (Å²) in [5, 5.41) is 4.02. The van der Waals surface area contributed by atoms with Crippen molar-refractivity contribution >= 4 is 17.0 Å². The second-order valence-corrected chi connectivity index (χ2v) is 4.91. The summed E-state index contributed by atoms with van der Waals surface area (Å²) in [6.45, 7) is 7.99. The zero-order valence-corrected chi connectivity index (χ0v) is 11.1. The van der Waals surface area contributed by atoms with Gasteiger partial charge in [0.2, 0.25) is 5.95 Å². The Morgan fingerprint density at radius 2 is 1.94 bits per heavy atom. The Balaban J connectivity index is 2.65. The van der Waals surface area contributed by atoms with Crippen LogP contribution < -0.4 is 10.9 Å². The molecule has 0 fully saturated rings. The fraction of sp³-hybridized carbons (Fsp3) is 0.462. The fourth-order valence-electron chi connectivity index (χ4n) is 1.87. The van der Waals surface area contributed by atoms with Gasteiger partial charge in [-0.25, -0.2) is 4.98 Å². The molecule has 2 heterocycles. The minimum atomic E-state index is -0.0355. The summed E-state index contributed by atoms with van der Waals surface area (Å²) in [6, 6.07) is 3.64. The van der Waals surface area contributed by atoms with E-state index < -0.39 is 0 Å². The second-order valence-electron chi connectivity index (χ2n) is 4.91. The second kappa shape index (κ2) is 4.76. The highest BCUT2D eigenvalue weighted by atomic mass is 16.1. The van der Waals surface area contributed by atoms with Crippen molar-refractivity contribution in [3.8, 4) is 0 Å². The van der Waals surface area contributed by atoms with Crippen molar-refractivity contribution in [2.24, 2.45) is 0 Å². The van der Waals surface area contributed by atoms with E-state index in [0.717, 1.165) is 5.39 Å². The molecule has 18 heavy (non-hydrogen) atoms. The normalized spacial score (nSPS) is 11.4. The monoisotopic (exact) mass is 246 g/mol. The highest BCUT2D eigenvalue weighted by Gasteiger charge is 2.09. The molecule has 0 unspecified atom stereocenters. The number of nitrogens with one attached hydrogen (secondary N) is 1. The maximum Gasteiger partial charge on any atom is 0.252 e. The third-order valence-corrected chi connectivity index (χ3v) is 2.60. The number of nitrogens with zero attached hydrogens (tertiary/aromatic N) is 3. The molecule has 0 atom stereocenters. The number of anilines is 1. The summed E-state index contributed by atoms with van der Waals surface area (Å²) >= 11 is 0. The molecule has 0 aliphatic heterocycles. The van der Waals surface area contributed by atoms with E-state index in [-0.39, 0.29) is 17.6 Å². The molecule has 1 N–H and O–H groups in total. The summed E-state index contributed by atoms with van der Waals surface area (Å²) in [5.74, 6) is 0.553. The van der Waals surface area contributed by atoms with Gasteiger partial charge in [0.15, 0.2) is 0 Å². The Hall–Kier alpha value is -1.91. The van der Waals surface area contributed by atoms with Gasteiger partial charge in [-0.2, -0.15) is 4.98 Å². The van der Waals surface area contributed by atoms with Crippen molar-refractivity contribution in [3.05, 3.63) is 28.7 Å². The van der Waals surface area contributed by atoms with Crippen LogP contribution in [0.25, 0.3) is 11.0 Å². The zero-order valence-electron chi connectivity index (χ0n) is 11.1. The van der Waals surface area contributed by atoms with E-state index in [4.69, 9.17) is 0 Å². The van der Waals surface area contributed by atoms with Crippen LogP contribution in [0, 0.1) is 0 Å². The largest absolute Gasteiger partial charge is 0.352 e. The van der Waals surface area contributed by atoms with Gasteiger partial charge in [-0.15, -0.1) is 0 Å². The Morgan fingerprint density at radius 1 is 1.22 bits per heavy atom. The zero-order chi connectivity index (χ0) is 13.3. The Morgan fingerprint density at radius 3 is 2.56 bits per heavy atom. The van der Waals surface area contributed by atoms with Gasteiger partial charge in [0.05, 0.1) is 0 Å². The van der Waals surface area contributed by atoms with Gasteiger partial charge in [-0.1, -0.05) is 0 Å². The van der Waals surface area contributed by atoms with Gasteiger partial charge < -0.3 is 5.32 Å². The lowest BCUT2D eigenvalue weighted by atomic mass is 10.3. The standard InChI is InChI=1S/C13H18N4O/c1-8(2)15-13-14-7-10-5-6-11(18)17(9(3)4)12(10)16-13/h5-9H,1-4H3,(H,14,15,16). The molecule has 0 bridgehead atoms. The molecule has 0 saturated carbocycles. The molecule has 0 saturated heterocycles. The van der Waals surface area contributed by atoms with Crippen LogP contribution in [0.2, 0.25) is 0 Å². The average Bonchev–Trinajstić information content (AvgIpc) is 2.27. The third-order valence-electron chi connectivity index (χ3n) is 2.60. The summed E-state index contributed by atoms with van der Waals surface area (Å²) < 4.78 is 1.68. The van der Waals surface area contributed by atoms with Crippen molar-refractivity contribution in [2.75, 3.05) is 5.32 Å². The van der Waals surface area contributed by atoms with Crippen LogP contribution in [-0.4, -0.2) is 20.6 Å². The van der Waals surface area contributed by atoms with Crippen LogP contribution in [0.4, 0.5) is 5.95 Å². The first-order valence-corrected chi connectivity index (χ1v) is 6.14. The van der Waals surface area contributed by atoms with E-state index in [9.17, 15) is 4.79 Å². The van der Waals surface area contributed by atoms with Gasteiger partial charge in [0.25, 0.3) is 5.56 Å². The minimum Gasteiger partial charge on any atom is -0.352 e. The summed E-state index contributed by atoms with van der Waals surface area (Å²) in [6.07, 6.45) is 1.74. The van der Waals surface area contributed by atoms with Gasteiger partial charge >= 0.3 is 0 Å². The maximum atomic E-state index is 11.9. The Labute approximate surface area is 106 Å². The quantitative estimate of drug-likeness (QED) is 0.901. The minimum absolute atomic E-state index is 0.0355. The van der Waals surface area contributed by atoms with Crippen LogP contribution in [-0.2, 0) is 0 Å². The number of hydrogen-bond acceptors (Lipinski definition) is 4. The summed E-state index contributed by atoms with van der Waals surface area (Å²) in [4.78, 5) is 20.6. The molecule has 0 amide bonds. The van der Waals surface area contributed by atoms with Crippen LogP contribution in [0.15, 0.2) is 23.1 Å². The molecular formula is C13H18N4O. The SMILES string of the molecule is CC(C)Nc1ncc2ccc(=O)n(C(C)C)c2n1. The van der Waals surface area contributed by atoms with E-state index in [2.05, 4.69) is 15.3 Å². The molecule has 0 aliphatic carbocycles. The van der Waals surface area contributed by atoms with Gasteiger partial charge in [0.1, 0.15) is 5.65 Å². The molecule has 0 aromatic carbocycles. The fourth-order valence-corrected chi connectivity index (χ4v) is 1.87. The van der Waals surface area contributed by atoms with Crippen LogP contribution in [0.5, 0.6) is 0 Å². The molecule has 0 radical (unpaired) electrons. The lowest BCUT2D eigenvalue weighted by Gasteiger charge is -2.14. The predicted molar refractivity (Wildman–Crippen MR) is 72.9 cm³/mol. The molecule has 2 aromatic rings. The topological polar surface area (TPSA) is 59.8 Å². The predicted octanol–water partition coefficient (Wildman–Crippen LogP) is 2.19. The third kappa shape index (κ3) is 2.34. The van der Waals surface area contributed by atoms with E-state index in [1.807, 2.05) is 27.7 Å². The highest BCUT2D eigenvalue weighted by Crippen LogP contribution is 2.14. The van der Waals surface area contributed by atoms with Crippen molar-refractivity contribution in [3.63, 3.8) is 0 Å². The maximum absolute atomic E-state index is 11.9. The molecule has 0 spiro atoms. The summed E-state index contributed by atoms with van der Waals surface area (Å²) in [5.41, 5.74) is 0.641. The molecule has 0 aliphatic rings. The average molecular weight is 246 g/mol. The first-order chi connectivity index (χ1) is 8.49. The van der Waals surface area contributed by atoms with Crippen LogP contribution in [0.1, 0.15) is 33.7 Å². The van der Waals surface area contributed by atoms with E-state index in [0.29, 0.717) is 11.6 Å².